The van der Waals surface area contributed by atoms with Crippen LogP contribution >= 0.6 is 0 Å². The second kappa shape index (κ2) is 7.30. The van der Waals surface area contributed by atoms with Crippen LogP contribution in [0.25, 0.3) is 32.8 Å². The third kappa shape index (κ3) is 3.10. The number of aromatic nitrogens is 4. The van der Waals surface area contributed by atoms with E-state index in [1.807, 2.05) is 48.5 Å². The molecule has 0 aliphatic carbocycles. The average Bonchev–Trinajstić information content (AvgIpc) is 3.11. The first-order valence-electron chi connectivity index (χ1n) is 10.1. The van der Waals surface area contributed by atoms with Crippen LogP contribution in [0, 0.1) is 5.92 Å². The number of ether oxygens (including phenoxy) is 1. The number of pyridine rings is 2. The number of hydrogen-bond donors (Lipinski definition) is 1. The molecule has 5 aromatic rings. The molecule has 0 atom stereocenters. The maximum absolute atomic E-state index is 6.28. The molecule has 3 aromatic heterocycles. The van der Waals surface area contributed by atoms with Crippen LogP contribution in [-0.2, 0) is 13.2 Å². The van der Waals surface area contributed by atoms with E-state index in [0.717, 1.165) is 51.0 Å². The summed E-state index contributed by atoms with van der Waals surface area (Å²) in [5.41, 5.74) is 9.74. The van der Waals surface area contributed by atoms with Crippen LogP contribution in [0.15, 0.2) is 60.8 Å². The third-order valence-corrected chi connectivity index (χ3v) is 5.19. The van der Waals surface area contributed by atoms with Gasteiger partial charge in [-0.3, -0.25) is 4.98 Å². The molecule has 0 unspecified atom stereocenters. The van der Waals surface area contributed by atoms with Gasteiger partial charge < -0.3 is 15.0 Å². The molecule has 2 aromatic carbocycles. The summed E-state index contributed by atoms with van der Waals surface area (Å²) in [5.74, 6) is 2.46. The number of nitrogen functional groups attached to an aromatic ring is 1. The molecule has 150 valence electrons. The number of rotatable bonds is 5. The van der Waals surface area contributed by atoms with E-state index >= 15 is 0 Å². The summed E-state index contributed by atoms with van der Waals surface area (Å²) >= 11 is 0. The molecule has 0 fully saturated rings. The predicted octanol–water partition coefficient (Wildman–Crippen LogP) is 4.95. The summed E-state index contributed by atoms with van der Waals surface area (Å²) in [5, 5.41) is 2.10. The Morgan fingerprint density at radius 2 is 1.80 bits per heavy atom. The summed E-state index contributed by atoms with van der Waals surface area (Å²) in [6.45, 7) is 5.52. The van der Waals surface area contributed by atoms with Gasteiger partial charge in [0.05, 0.1) is 11.0 Å². The van der Waals surface area contributed by atoms with Crippen LogP contribution in [0.1, 0.15) is 19.7 Å². The van der Waals surface area contributed by atoms with Crippen molar-refractivity contribution in [1.29, 1.82) is 0 Å². The van der Waals surface area contributed by atoms with E-state index in [2.05, 4.69) is 34.4 Å². The van der Waals surface area contributed by atoms with E-state index in [9.17, 15) is 0 Å². The highest BCUT2D eigenvalue weighted by Gasteiger charge is 2.18. The first-order chi connectivity index (χ1) is 14.6. The van der Waals surface area contributed by atoms with Crippen molar-refractivity contribution in [1.82, 2.24) is 19.5 Å². The van der Waals surface area contributed by atoms with Crippen molar-refractivity contribution in [3.8, 4) is 5.75 Å². The Bertz CT molecular complexity index is 1370. The topological polar surface area (TPSA) is 78.8 Å². The zero-order valence-electron chi connectivity index (χ0n) is 17.0. The van der Waals surface area contributed by atoms with Crippen molar-refractivity contribution in [2.45, 2.75) is 27.0 Å². The minimum Gasteiger partial charge on any atom is -0.483 e. The lowest BCUT2D eigenvalue weighted by molar-refractivity contribution is 0.290. The van der Waals surface area contributed by atoms with Gasteiger partial charge in [0, 0.05) is 23.5 Å². The highest BCUT2D eigenvalue weighted by atomic mass is 16.5. The summed E-state index contributed by atoms with van der Waals surface area (Å²) in [6, 6.07) is 17.9. The Balaban J connectivity index is 1.63. The molecule has 0 aliphatic rings. The van der Waals surface area contributed by atoms with Gasteiger partial charge in [0.1, 0.15) is 29.2 Å². The molecule has 0 saturated heterocycles. The largest absolute Gasteiger partial charge is 0.483 e. The smallest absolute Gasteiger partial charge is 0.152 e. The van der Waals surface area contributed by atoms with E-state index in [1.54, 1.807) is 6.20 Å². The highest BCUT2D eigenvalue weighted by Crippen LogP contribution is 2.30. The van der Waals surface area contributed by atoms with Gasteiger partial charge in [0.15, 0.2) is 5.82 Å². The van der Waals surface area contributed by atoms with Gasteiger partial charge in [-0.15, -0.1) is 0 Å². The number of anilines is 1. The van der Waals surface area contributed by atoms with Gasteiger partial charge in [0.2, 0.25) is 0 Å². The number of para-hydroxylation sites is 2. The number of hydrogen-bond acceptors (Lipinski definition) is 5. The van der Waals surface area contributed by atoms with Gasteiger partial charge >= 0.3 is 0 Å². The monoisotopic (exact) mass is 397 g/mol. The van der Waals surface area contributed by atoms with E-state index < -0.39 is 0 Å². The van der Waals surface area contributed by atoms with E-state index in [4.69, 9.17) is 15.5 Å². The molecule has 3 heterocycles. The lowest BCUT2D eigenvalue weighted by atomic mass is 10.1. The summed E-state index contributed by atoms with van der Waals surface area (Å²) in [6.07, 6.45) is 1.78. The van der Waals surface area contributed by atoms with Crippen molar-refractivity contribution in [2.24, 2.45) is 5.92 Å². The fourth-order valence-corrected chi connectivity index (χ4v) is 3.91. The molecule has 0 radical (unpaired) electrons. The molecule has 0 saturated carbocycles. The van der Waals surface area contributed by atoms with E-state index in [1.165, 1.54) is 0 Å². The lowest BCUT2D eigenvalue weighted by Crippen LogP contribution is -2.11. The maximum atomic E-state index is 6.28. The minimum atomic E-state index is 0.324. The van der Waals surface area contributed by atoms with Gasteiger partial charge in [0.25, 0.3) is 0 Å². The van der Waals surface area contributed by atoms with Crippen molar-refractivity contribution >= 4 is 38.7 Å². The zero-order valence-corrected chi connectivity index (χ0v) is 17.0. The second-order valence-corrected chi connectivity index (χ2v) is 7.86. The molecule has 0 bridgehead atoms. The standard InChI is InChI=1S/C24H23N5O/c1-15(2)13-29-20(14-30-19-11-5-7-16-8-6-12-26-21(16)19)28-22-23(29)17-9-3-4-10-18(17)27-24(22)25/h3-12,15H,13-14H2,1-2H3,(H2,25,27). The van der Waals surface area contributed by atoms with Crippen molar-refractivity contribution < 1.29 is 4.74 Å². The Labute approximate surface area is 174 Å². The van der Waals surface area contributed by atoms with Crippen LogP contribution in [0.2, 0.25) is 0 Å². The zero-order chi connectivity index (χ0) is 20.7. The van der Waals surface area contributed by atoms with E-state index in [0.29, 0.717) is 18.3 Å². The SMILES string of the molecule is CC(C)Cn1c(COc2cccc3cccnc23)nc2c(N)nc3ccccc3c21. The fraction of sp³-hybridized carbons (Fsp3) is 0.208. The number of nitrogens with two attached hydrogens (primary N) is 1. The van der Waals surface area contributed by atoms with E-state index in [-0.39, 0.29) is 0 Å². The molecular weight excluding hydrogens is 374 g/mol. The molecule has 2 N–H and O–H groups in total. The van der Waals surface area contributed by atoms with Gasteiger partial charge in [-0.25, -0.2) is 9.97 Å². The number of fused-ring (bicyclic) bond motifs is 4. The predicted molar refractivity (Wildman–Crippen MR) is 120 cm³/mol. The fourth-order valence-electron chi connectivity index (χ4n) is 3.91. The lowest BCUT2D eigenvalue weighted by Gasteiger charge is -2.14. The molecule has 6 nitrogen and oxygen atoms in total. The first-order valence-corrected chi connectivity index (χ1v) is 10.1. The van der Waals surface area contributed by atoms with Crippen molar-refractivity contribution in [2.75, 3.05) is 5.73 Å². The second-order valence-electron chi connectivity index (χ2n) is 7.86. The molecular formula is C24H23N5O. The van der Waals surface area contributed by atoms with Crippen LogP contribution in [-0.4, -0.2) is 19.5 Å². The third-order valence-electron chi connectivity index (χ3n) is 5.19. The average molecular weight is 397 g/mol. The molecule has 0 amide bonds. The minimum absolute atomic E-state index is 0.324. The molecule has 6 heteroatoms. The molecule has 30 heavy (non-hydrogen) atoms. The van der Waals surface area contributed by atoms with Crippen LogP contribution in [0.4, 0.5) is 5.82 Å². The maximum Gasteiger partial charge on any atom is 0.152 e. The quantitative estimate of drug-likeness (QED) is 0.454. The van der Waals surface area contributed by atoms with Crippen LogP contribution < -0.4 is 10.5 Å². The Morgan fingerprint density at radius 3 is 2.67 bits per heavy atom. The van der Waals surface area contributed by atoms with Gasteiger partial charge in [-0.1, -0.05) is 50.2 Å². The first kappa shape index (κ1) is 18.4. The van der Waals surface area contributed by atoms with Gasteiger partial charge in [-0.05, 0) is 24.1 Å². The van der Waals surface area contributed by atoms with Crippen LogP contribution in [0.3, 0.4) is 0 Å². The van der Waals surface area contributed by atoms with Crippen molar-refractivity contribution in [3.63, 3.8) is 0 Å². The molecule has 0 spiro atoms. The van der Waals surface area contributed by atoms with Crippen molar-refractivity contribution in [3.05, 3.63) is 66.6 Å². The van der Waals surface area contributed by atoms with Crippen LogP contribution in [0.5, 0.6) is 5.75 Å². The number of imidazole rings is 1. The summed E-state index contributed by atoms with van der Waals surface area (Å²) in [7, 11) is 0. The summed E-state index contributed by atoms with van der Waals surface area (Å²) in [4.78, 5) is 13.9. The number of benzene rings is 2. The summed E-state index contributed by atoms with van der Waals surface area (Å²) < 4.78 is 8.42. The Hall–Kier alpha value is -3.67. The number of nitrogens with zero attached hydrogens (tertiary/aromatic N) is 4. The highest BCUT2D eigenvalue weighted by molar-refractivity contribution is 6.06. The Kier molecular flexibility index (Phi) is 4.47. The van der Waals surface area contributed by atoms with Gasteiger partial charge in [-0.2, -0.15) is 0 Å². The molecule has 0 aliphatic heterocycles. The Morgan fingerprint density at radius 1 is 0.967 bits per heavy atom. The normalized spacial score (nSPS) is 11.7. The molecule has 5 rings (SSSR count).